The van der Waals surface area contributed by atoms with Crippen LogP contribution in [0.15, 0.2) is 84.9 Å². The van der Waals surface area contributed by atoms with E-state index >= 15 is 0 Å². The van der Waals surface area contributed by atoms with Crippen molar-refractivity contribution in [2.75, 3.05) is 13.1 Å². The third kappa shape index (κ3) is 9.28. The minimum absolute atomic E-state index is 0.217. The molecule has 2 atom stereocenters. The molecule has 3 aromatic rings. The lowest BCUT2D eigenvalue weighted by molar-refractivity contribution is 0.0143. The molecule has 2 nitrogen and oxygen atoms in total. The molecule has 1 saturated heterocycles. The van der Waals surface area contributed by atoms with Crippen LogP contribution in [-0.4, -0.2) is 29.2 Å². The Labute approximate surface area is 215 Å². The van der Waals surface area contributed by atoms with Crippen LogP contribution >= 0.6 is 0 Å². The first-order valence-corrected chi connectivity index (χ1v) is 13.7. The summed E-state index contributed by atoms with van der Waals surface area (Å²) in [6.45, 7) is 12.9. The molecule has 0 bridgehead atoms. The van der Waals surface area contributed by atoms with Gasteiger partial charge < -0.3 is 5.11 Å². The lowest BCUT2D eigenvalue weighted by Gasteiger charge is -2.36. The maximum atomic E-state index is 10.8. The van der Waals surface area contributed by atoms with Gasteiger partial charge in [0.1, 0.15) is 0 Å². The van der Waals surface area contributed by atoms with Gasteiger partial charge >= 0.3 is 0 Å². The zero-order valence-electron chi connectivity index (χ0n) is 22.7. The van der Waals surface area contributed by atoms with Gasteiger partial charge in [-0.3, -0.25) is 4.90 Å². The number of benzene rings is 3. The van der Waals surface area contributed by atoms with E-state index in [9.17, 15) is 5.11 Å². The average Bonchev–Trinajstić information content (AvgIpc) is 2.92. The van der Waals surface area contributed by atoms with Crippen molar-refractivity contribution in [2.45, 2.75) is 78.9 Å². The number of rotatable bonds is 8. The summed E-state index contributed by atoms with van der Waals surface area (Å²) in [6.07, 6.45) is 4.26. The molecular formula is C33H47NO. The Balaban J connectivity index is 0.00000103. The molecule has 1 heterocycles. The Bertz CT molecular complexity index is 867. The van der Waals surface area contributed by atoms with Gasteiger partial charge in [0.05, 0.1) is 6.10 Å². The highest BCUT2D eigenvalue weighted by atomic mass is 16.3. The van der Waals surface area contributed by atoms with Gasteiger partial charge in [-0.2, -0.15) is 0 Å². The lowest BCUT2D eigenvalue weighted by Crippen LogP contribution is -2.43. The first-order chi connectivity index (χ1) is 17.2. The predicted molar refractivity (Wildman–Crippen MR) is 152 cm³/mol. The summed E-state index contributed by atoms with van der Waals surface area (Å²) in [6, 6.07) is 30.5. The average molecular weight is 474 g/mol. The molecule has 0 radical (unpaired) electrons. The van der Waals surface area contributed by atoms with Crippen LogP contribution < -0.4 is 0 Å². The van der Waals surface area contributed by atoms with Crippen molar-refractivity contribution < 1.29 is 5.11 Å². The smallest absolute Gasteiger partial charge is 0.0695 e. The minimum atomic E-state index is -0.217. The van der Waals surface area contributed by atoms with Gasteiger partial charge in [0.25, 0.3) is 0 Å². The molecule has 1 aliphatic rings. The molecule has 0 amide bonds. The van der Waals surface area contributed by atoms with E-state index in [0.717, 1.165) is 45.3 Å². The molecule has 190 valence electrons. The number of hydrogen-bond acceptors (Lipinski definition) is 2. The number of piperidine rings is 1. The van der Waals surface area contributed by atoms with Crippen molar-refractivity contribution in [3.05, 3.63) is 107 Å². The molecule has 0 spiro atoms. The number of nitrogens with zero attached hydrogens (tertiary/aromatic N) is 1. The van der Waals surface area contributed by atoms with E-state index in [1.54, 1.807) is 0 Å². The molecule has 1 fully saturated rings. The van der Waals surface area contributed by atoms with Crippen LogP contribution in [-0.2, 0) is 6.54 Å². The van der Waals surface area contributed by atoms with Crippen molar-refractivity contribution in [1.29, 1.82) is 0 Å². The molecule has 1 N–H and O–H groups in total. The first-order valence-electron chi connectivity index (χ1n) is 13.7. The summed E-state index contributed by atoms with van der Waals surface area (Å²) >= 11 is 0. The van der Waals surface area contributed by atoms with Gasteiger partial charge in [0.2, 0.25) is 0 Å². The fraction of sp³-hybridized carbons (Fsp3) is 0.455. The molecule has 0 aliphatic carbocycles. The van der Waals surface area contributed by atoms with Crippen LogP contribution in [0.5, 0.6) is 0 Å². The van der Waals surface area contributed by atoms with E-state index in [1.165, 1.54) is 22.3 Å². The Kier molecular flexibility index (Phi) is 13.4. The molecule has 0 saturated carbocycles. The van der Waals surface area contributed by atoms with Crippen LogP contribution in [0.2, 0.25) is 0 Å². The molecule has 2 heteroatoms. The zero-order valence-corrected chi connectivity index (χ0v) is 22.7. The largest absolute Gasteiger partial charge is 0.392 e. The third-order valence-electron chi connectivity index (χ3n) is 6.80. The highest BCUT2D eigenvalue weighted by Crippen LogP contribution is 2.32. The van der Waals surface area contributed by atoms with E-state index in [0.29, 0.717) is 11.8 Å². The molecule has 35 heavy (non-hydrogen) atoms. The van der Waals surface area contributed by atoms with E-state index in [-0.39, 0.29) is 6.10 Å². The molecular weight excluding hydrogens is 426 g/mol. The van der Waals surface area contributed by atoms with Gasteiger partial charge in [-0.05, 0) is 55.3 Å². The maximum absolute atomic E-state index is 10.8. The van der Waals surface area contributed by atoms with Crippen molar-refractivity contribution in [2.24, 2.45) is 5.92 Å². The van der Waals surface area contributed by atoms with Crippen molar-refractivity contribution >= 4 is 0 Å². The van der Waals surface area contributed by atoms with Gasteiger partial charge in [-0.25, -0.2) is 0 Å². The van der Waals surface area contributed by atoms with Gasteiger partial charge in [-0.15, -0.1) is 0 Å². The summed E-state index contributed by atoms with van der Waals surface area (Å²) in [5, 5.41) is 10.8. The van der Waals surface area contributed by atoms with E-state index < -0.39 is 0 Å². The molecule has 2 unspecified atom stereocenters. The molecule has 3 aromatic carbocycles. The normalized spacial score (nSPS) is 17.7. The van der Waals surface area contributed by atoms with Gasteiger partial charge in [-0.1, -0.05) is 125 Å². The lowest BCUT2D eigenvalue weighted by atomic mass is 9.83. The van der Waals surface area contributed by atoms with E-state index in [1.807, 2.05) is 27.7 Å². The summed E-state index contributed by atoms with van der Waals surface area (Å²) in [5.74, 6) is 0.850. The van der Waals surface area contributed by atoms with Crippen molar-refractivity contribution in [3.8, 4) is 0 Å². The summed E-state index contributed by atoms with van der Waals surface area (Å²) < 4.78 is 0. The fourth-order valence-electron chi connectivity index (χ4n) is 4.96. The van der Waals surface area contributed by atoms with Gasteiger partial charge in [0, 0.05) is 19.0 Å². The van der Waals surface area contributed by atoms with Gasteiger partial charge in [0.15, 0.2) is 0 Å². The van der Waals surface area contributed by atoms with Crippen molar-refractivity contribution in [1.82, 2.24) is 4.90 Å². The third-order valence-corrected chi connectivity index (χ3v) is 6.80. The van der Waals surface area contributed by atoms with Crippen LogP contribution in [0, 0.1) is 12.8 Å². The van der Waals surface area contributed by atoms with Crippen LogP contribution in [0.25, 0.3) is 0 Å². The quantitative estimate of drug-likeness (QED) is 0.356. The highest BCUT2D eigenvalue weighted by molar-refractivity contribution is 5.32. The second-order valence-electron chi connectivity index (χ2n) is 9.14. The number of likely N-dealkylation sites (tertiary alicyclic amines) is 1. The van der Waals surface area contributed by atoms with Crippen LogP contribution in [0.1, 0.15) is 81.5 Å². The number of aliphatic hydroxyl groups excluding tert-OH is 1. The van der Waals surface area contributed by atoms with E-state index in [4.69, 9.17) is 0 Å². The number of β-amino-alcohol motifs (C(OH)–C–C–N with tert-alkyl or cyclic N) is 1. The second kappa shape index (κ2) is 16.3. The maximum Gasteiger partial charge on any atom is 0.0695 e. The Morgan fingerprint density at radius 1 is 0.800 bits per heavy atom. The Hall–Kier alpha value is -2.42. The monoisotopic (exact) mass is 473 g/mol. The SMILES string of the molecule is CC.CC.Cc1ccc(CN2CCC(CCCC(c3ccccc3)c3ccccc3)C(O)C2)cc1. The molecule has 4 rings (SSSR count). The second-order valence-corrected chi connectivity index (χ2v) is 9.14. The van der Waals surface area contributed by atoms with E-state index in [2.05, 4.69) is 96.8 Å². The predicted octanol–water partition coefficient (Wildman–Crippen LogP) is 8.23. The van der Waals surface area contributed by atoms with Crippen LogP contribution in [0.3, 0.4) is 0 Å². The number of hydrogen-bond donors (Lipinski definition) is 1. The fourth-order valence-corrected chi connectivity index (χ4v) is 4.96. The Morgan fingerprint density at radius 2 is 1.34 bits per heavy atom. The topological polar surface area (TPSA) is 23.5 Å². The molecule has 0 aromatic heterocycles. The summed E-state index contributed by atoms with van der Waals surface area (Å²) in [5.41, 5.74) is 5.42. The zero-order chi connectivity index (χ0) is 25.5. The summed E-state index contributed by atoms with van der Waals surface area (Å²) in [7, 11) is 0. The number of aliphatic hydroxyl groups is 1. The van der Waals surface area contributed by atoms with Crippen LogP contribution in [0.4, 0.5) is 0 Å². The van der Waals surface area contributed by atoms with Crippen molar-refractivity contribution in [3.63, 3.8) is 0 Å². The molecule has 1 aliphatic heterocycles. The highest BCUT2D eigenvalue weighted by Gasteiger charge is 2.27. The standard InChI is InChI=1S/C29H35NO.2C2H6/c1-23-15-17-24(18-16-23)21-30-20-19-27(29(31)22-30)13-8-14-28(25-9-4-2-5-10-25)26-11-6-3-7-12-26;2*1-2/h2-7,9-12,15-18,27-29,31H,8,13-14,19-22H2,1H3;2*1-2H3. The Morgan fingerprint density at radius 3 is 1.86 bits per heavy atom. The first kappa shape index (κ1) is 28.8. The summed E-state index contributed by atoms with van der Waals surface area (Å²) in [4.78, 5) is 2.41. The number of aryl methyl sites for hydroxylation is 1. The minimum Gasteiger partial charge on any atom is -0.392 e.